The molecule has 2 bridgehead atoms. The molecule has 3 fully saturated rings. The van der Waals surface area contributed by atoms with E-state index in [4.69, 9.17) is 9.90 Å². The first kappa shape index (κ1) is 25.0. The number of carbonyl (C=O) groups is 3. The fourth-order valence-electron chi connectivity index (χ4n) is 5.55. The fourth-order valence-corrected chi connectivity index (χ4v) is 5.55. The quantitative estimate of drug-likeness (QED) is 0.498. The van der Waals surface area contributed by atoms with E-state index in [-0.39, 0.29) is 24.3 Å². The molecule has 0 unspecified atom stereocenters. The van der Waals surface area contributed by atoms with E-state index in [0.717, 1.165) is 45.4 Å². The van der Waals surface area contributed by atoms with Gasteiger partial charge in [-0.05, 0) is 51.9 Å². The number of nitrogens with one attached hydrogen (secondary N) is 1. The van der Waals surface area contributed by atoms with Gasteiger partial charge in [0, 0.05) is 51.4 Å². The Kier molecular flexibility index (Phi) is 8.66. The predicted molar refractivity (Wildman–Crippen MR) is 125 cm³/mol. The molecule has 3 saturated heterocycles. The van der Waals surface area contributed by atoms with E-state index in [1.54, 1.807) is 17.1 Å². The maximum Gasteiger partial charge on any atom is 0.290 e. The zero-order valence-electron chi connectivity index (χ0n) is 19.9. The first-order valence-electron chi connectivity index (χ1n) is 11.9. The first-order valence-corrected chi connectivity index (χ1v) is 11.9. The molecular weight excluding hydrogens is 422 g/mol. The third kappa shape index (κ3) is 6.01. The lowest BCUT2D eigenvalue weighted by Gasteiger charge is -2.56. The number of carbonyl (C=O) groups excluding carboxylic acids is 2. The van der Waals surface area contributed by atoms with Gasteiger partial charge in [-0.3, -0.25) is 24.0 Å². The van der Waals surface area contributed by atoms with Gasteiger partial charge in [-0.2, -0.15) is 5.10 Å². The maximum atomic E-state index is 12.9. The predicted octanol–water partition coefficient (Wildman–Crippen LogP) is 2.00. The molecule has 0 aromatic carbocycles. The Bertz CT molecular complexity index is 863. The zero-order chi connectivity index (χ0) is 24.0. The Morgan fingerprint density at radius 1 is 1.30 bits per heavy atom. The third-order valence-corrected chi connectivity index (χ3v) is 7.02. The van der Waals surface area contributed by atoms with Crippen LogP contribution in [0.2, 0.25) is 0 Å². The zero-order valence-corrected chi connectivity index (χ0v) is 19.9. The fraction of sp³-hybridized carbons (Fsp3) is 0.667. The summed E-state index contributed by atoms with van der Waals surface area (Å²) in [6.45, 7) is 10.3. The van der Waals surface area contributed by atoms with Gasteiger partial charge in [-0.1, -0.05) is 11.6 Å². The Morgan fingerprint density at radius 2 is 2.03 bits per heavy atom. The van der Waals surface area contributed by atoms with Crippen molar-refractivity contribution in [1.82, 2.24) is 24.9 Å². The number of nitrogens with zero attached hydrogens (tertiary/aromatic N) is 4. The topological polar surface area (TPSA) is 108 Å². The highest BCUT2D eigenvalue weighted by atomic mass is 16.3. The van der Waals surface area contributed by atoms with Gasteiger partial charge < -0.3 is 15.3 Å². The Hall–Kier alpha value is -2.68. The summed E-state index contributed by atoms with van der Waals surface area (Å²) in [5.74, 6) is 1.13. The van der Waals surface area contributed by atoms with Crippen LogP contribution in [-0.2, 0) is 16.1 Å². The molecule has 0 aliphatic carbocycles. The number of amides is 2. The number of fused-ring (bicyclic) bond motifs is 4. The van der Waals surface area contributed by atoms with Gasteiger partial charge in [-0.15, -0.1) is 0 Å². The minimum Gasteiger partial charge on any atom is -0.483 e. The van der Waals surface area contributed by atoms with Crippen molar-refractivity contribution in [2.75, 3.05) is 26.2 Å². The van der Waals surface area contributed by atoms with Gasteiger partial charge in [0.05, 0.1) is 17.8 Å². The summed E-state index contributed by atoms with van der Waals surface area (Å²) >= 11 is 0. The van der Waals surface area contributed by atoms with Crippen molar-refractivity contribution in [2.45, 2.75) is 65.1 Å². The van der Waals surface area contributed by atoms with Crippen LogP contribution in [0, 0.1) is 11.8 Å². The number of hydrogen-bond donors (Lipinski definition) is 2. The Balaban J connectivity index is 0.000000968. The van der Waals surface area contributed by atoms with E-state index in [9.17, 15) is 9.59 Å². The Morgan fingerprint density at radius 3 is 2.70 bits per heavy atom. The molecule has 3 aliphatic rings. The van der Waals surface area contributed by atoms with E-state index in [0.29, 0.717) is 36.4 Å². The number of likely N-dealkylation sites (tertiary alicyclic amines) is 1. The number of aromatic nitrogens is 2. The second kappa shape index (κ2) is 11.4. The lowest BCUT2D eigenvalue weighted by molar-refractivity contribution is -0.152. The minimum absolute atomic E-state index is 0.0822. The second-order valence-corrected chi connectivity index (χ2v) is 9.48. The highest BCUT2D eigenvalue weighted by Crippen LogP contribution is 2.41. The summed E-state index contributed by atoms with van der Waals surface area (Å²) in [6, 6.07) is 0.403. The van der Waals surface area contributed by atoms with Crippen LogP contribution in [-0.4, -0.2) is 81.2 Å². The largest absolute Gasteiger partial charge is 0.483 e. The lowest BCUT2D eigenvalue weighted by atomic mass is 9.72. The molecule has 4 rings (SSSR count). The summed E-state index contributed by atoms with van der Waals surface area (Å²) in [5, 5.41) is 14.2. The number of allylic oxidation sites excluding steroid dienone is 1. The summed E-state index contributed by atoms with van der Waals surface area (Å²) in [6.07, 6.45) is 9.58. The average Bonchev–Trinajstić information content (AvgIpc) is 3.28. The van der Waals surface area contributed by atoms with Crippen LogP contribution in [0.5, 0.6) is 0 Å². The van der Waals surface area contributed by atoms with Crippen molar-refractivity contribution < 1.29 is 19.5 Å². The molecule has 9 heteroatoms. The molecule has 33 heavy (non-hydrogen) atoms. The van der Waals surface area contributed by atoms with Gasteiger partial charge >= 0.3 is 0 Å². The Labute approximate surface area is 195 Å². The van der Waals surface area contributed by atoms with Crippen molar-refractivity contribution >= 4 is 18.3 Å². The van der Waals surface area contributed by atoms with Gasteiger partial charge in [0.15, 0.2) is 0 Å². The van der Waals surface area contributed by atoms with Crippen LogP contribution in [0.3, 0.4) is 0 Å². The number of aryl methyl sites for hydroxylation is 1. The molecule has 2 amide bonds. The summed E-state index contributed by atoms with van der Waals surface area (Å²) in [4.78, 5) is 38.7. The first-order chi connectivity index (χ1) is 15.9. The van der Waals surface area contributed by atoms with Gasteiger partial charge in [0.2, 0.25) is 5.91 Å². The normalized spacial score (nSPS) is 26.5. The van der Waals surface area contributed by atoms with E-state index in [1.807, 2.05) is 6.92 Å². The molecule has 0 spiro atoms. The minimum atomic E-state index is -0.250. The molecule has 4 heterocycles. The molecule has 0 saturated carbocycles. The highest BCUT2D eigenvalue weighted by molar-refractivity contribution is 5.93. The maximum absolute atomic E-state index is 12.9. The lowest BCUT2D eigenvalue weighted by Crippen LogP contribution is -2.67. The molecular formula is C24H37N5O4. The molecule has 3 aliphatic heterocycles. The van der Waals surface area contributed by atoms with E-state index < -0.39 is 0 Å². The molecule has 1 aromatic heterocycles. The van der Waals surface area contributed by atoms with Crippen molar-refractivity contribution in [3.63, 3.8) is 0 Å². The average molecular weight is 460 g/mol. The standard InChI is InChI=1S/C23H35N5O2.CH2O2/c1-4-27-15-19(11-25-27)23(30)24-12-21-18-10-17(13-26(14-18)9-8-16(2)3)20-6-5-7-22(29)28(20)21;2-1-3/h8,11,15,17-18,20-21H,4-7,9-10,12-14H2,1-3H3,(H,24,30);1H,(H,2,3)/t17-,18+,20+,21+;/m1./s1. The van der Waals surface area contributed by atoms with Crippen LogP contribution >= 0.6 is 0 Å². The van der Waals surface area contributed by atoms with Gasteiger partial charge in [0.1, 0.15) is 0 Å². The number of carboxylic acid groups (broad SMARTS) is 1. The van der Waals surface area contributed by atoms with Crippen molar-refractivity contribution in [3.05, 3.63) is 29.6 Å². The summed E-state index contributed by atoms with van der Waals surface area (Å²) < 4.78 is 1.76. The molecule has 0 radical (unpaired) electrons. The van der Waals surface area contributed by atoms with E-state index >= 15 is 0 Å². The van der Waals surface area contributed by atoms with Crippen LogP contribution in [0.4, 0.5) is 0 Å². The van der Waals surface area contributed by atoms with Crippen molar-refractivity contribution in [1.29, 1.82) is 0 Å². The third-order valence-electron chi connectivity index (χ3n) is 7.02. The van der Waals surface area contributed by atoms with Crippen molar-refractivity contribution in [3.8, 4) is 0 Å². The monoisotopic (exact) mass is 459 g/mol. The van der Waals surface area contributed by atoms with Crippen LogP contribution in [0.15, 0.2) is 24.0 Å². The van der Waals surface area contributed by atoms with Crippen molar-refractivity contribution in [2.24, 2.45) is 11.8 Å². The summed E-state index contributed by atoms with van der Waals surface area (Å²) in [7, 11) is 0. The van der Waals surface area contributed by atoms with Gasteiger partial charge in [0.25, 0.3) is 12.4 Å². The number of hydrogen-bond acceptors (Lipinski definition) is 5. The molecule has 182 valence electrons. The van der Waals surface area contributed by atoms with E-state index in [1.165, 1.54) is 5.57 Å². The smallest absolute Gasteiger partial charge is 0.290 e. The molecule has 9 nitrogen and oxygen atoms in total. The van der Waals surface area contributed by atoms with Crippen LogP contribution in [0.25, 0.3) is 0 Å². The van der Waals surface area contributed by atoms with E-state index in [2.05, 4.69) is 40.1 Å². The molecule has 1 aromatic rings. The molecule has 4 atom stereocenters. The van der Waals surface area contributed by atoms with Gasteiger partial charge in [-0.25, -0.2) is 0 Å². The summed E-state index contributed by atoms with van der Waals surface area (Å²) in [5.41, 5.74) is 1.93. The molecule has 2 N–H and O–H groups in total. The van der Waals surface area contributed by atoms with Crippen LogP contribution in [0.1, 0.15) is 56.8 Å². The van der Waals surface area contributed by atoms with Crippen LogP contribution < -0.4 is 5.32 Å². The second-order valence-electron chi connectivity index (χ2n) is 9.48. The number of piperidine rings is 3. The SMILES string of the molecule is CCn1cc(C(=O)NC[C@H]2[C@H]3C[C@H](CN(CC=C(C)C)C3)[C@@H]3CCCC(=O)N32)cn1.O=CO. The highest BCUT2D eigenvalue weighted by Gasteiger charge is 2.49. The number of rotatable bonds is 6.